The molecule has 0 bridgehead atoms. The van der Waals surface area contributed by atoms with Crippen LogP contribution in [0.25, 0.3) is 10.6 Å². The highest BCUT2D eigenvalue weighted by molar-refractivity contribution is 7.16. The van der Waals surface area contributed by atoms with Gasteiger partial charge in [0.15, 0.2) is 5.13 Å². The third kappa shape index (κ3) is 6.18. The van der Waals surface area contributed by atoms with Gasteiger partial charge in [-0.05, 0) is 43.2 Å². The summed E-state index contributed by atoms with van der Waals surface area (Å²) in [5, 5.41) is 20.1. The summed E-state index contributed by atoms with van der Waals surface area (Å²) in [6, 6.07) is 7.46. The zero-order chi connectivity index (χ0) is 24.7. The average Bonchev–Trinajstić information content (AvgIpc) is 3.46. The van der Waals surface area contributed by atoms with Crippen LogP contribution in [-0.2, 0) is 6.42 Å². The molecule has 0 spiro atoms. The number of nitrogens with one attached hydrogen (secondary N) is 2. The molecule has 3 aromatic heterocycles. The largest absolute Gasteiger partial charge is 0.394 e. The molecule has 1 unspecified atom stereocenters. The van der Waals surface area contributed by atoms with E-state index >= 15 is 0 Å². The summed E-state index contributed by atoms with van der Waals surface area (Å²) >= 11 is 8.96. The van der Waals surface area contributed by atoms with Crippen molar-refractivity contribution < 1.29 is 9.50 Å². The third-order valence-corrected chi connectivity index (χ3v) is 7.06. The molecule has 0 saturated carbocycles. The quantitative estimate of drug-likeness (QED) is 0.218. The van der Waals surface area contributed by atoms with Crippen molar-refractivity contribution in [2.75, 3.05) is 17.2 Å². The van der Waals surface area contributed by atoms with Crippen LogP contribution in [-0.4, -0.2) is 26.7 Å². The highest BCUT2D eigenvalue weighted by atomic mass is 35.5. The van der Waals surface area contributed by atoms with Crippen LogP contribution in [0, 0.1) is 12.7 Å². The van der Waals surface area contributed by atoms with Gasteiger partial charge in [-0.3, -0.25) is 0 Å². The van der Waals surface area contributed by atoms with E-state index in [1.165, 1.54) is 23.5 Å². The van der Waals surface area contributed by atoms with Gasteiger partial charge in [-0.1, -0.05) is 24.6 Å². The fourth-order valence-electron chi connectivity index (χ4n) is 3.10. The van der Waals surface area contributed by atoms with Crippen molar-refractivity contribution in [3.63, 3.8) is 0 Å². The number of rotatable bonds is 8. The van der Waals surface area contributed by atoms with Gasteiger partial charge in [0.25, 0.3) is 0 Å². The van der Waals surface area contributed by atoms with E-state index in [0.717, 1.165) is 38.4 Å². The van der Waals surface area contributed by atoms with E-state index in [2.05, 4.69) is 45.7 Å². The Kier molecular flexibility index (Phi) is 9.12. The number of hydrogen-bond donors (Lipinski definition) is 3. The Morgan fingerprint density at radius 2 is 2.00 bits per heavy atom. The minimum Gasteiger partial charge on any atom is -0.394 e. The highest BCUT2D eigenvalue weighted by Crippen LogP contribution is 2.33. The molecule has 4 aromatic rings. The van der Waals surface area contributed by atoms with Crippen molar-refractivity contribution in [1.29, 1.82) is 0 Å². The summed E-state index contributed by atoms with van der Waals surface area (Å²) in [5.41, 5.74) is 2.87. The Morgan fingerprint density at radius 3 is 2.62 bits per heavy atom. The Labute approximate surface area is 211 Å². The molecule has 0 saturated heterocycles. The number of thiazole rings is 2. The van der Waals surface area contributed by atoms with Crippen molar-refractivity contribution in [3.8, 4) is 10.6 Å². The second-order valence-corrected chi connectivity index (χ2v) is 9.40. The zero-order valence-corrected chi connectivity index (χ0v) is 21.2. The Morgan fingerprint density at radius 1 is 1.21 bits per heavy atom. The molecule has 0 fully saturated rings. The minimum atomic E-state index is -0.513. The first-order valence-corrected chi connectivity index (χ1v) is 12.5. The fraction of sp³-hybridized carbons (Fsp3) is 0.208. The lowest BCUT2D eigenvalue weighted by molar-refractivity contribution is 0.276. The maximum atomic E-state index is 14.1. The molecule has 178 valence electrons. The van der Waals surface area contributed by atoms with Crippen LogP contribution in [0.5, 0.6) is 0 Å². The number of benzene rings is 1. The zero-order valence-electron chi connectivity index (χ0n) is 18.8. The van der Waals surface area contributed by atoms with Gasteiger partial charge in [-0.2, -0.15) is 0 Å². The molecule has 6 nitrogen and oxygen atoms in total. The van der Waals surface area contributed by atoms with Gasteiger partial charge in [-0.15, -0.1) is 35.8 Å². The van der Waals surface area contributed by atoms with Crippen LogP contribution in [0.1, 0.15) is 29.2 Å². The molecule has 0 amide bonds. The topological polar surface area (TPSA) is 83.0 Å². The van der Waals surface area contributed by atoms with E-state index in [0.29, 0.717) is 10.8 Å². The number of aliphatic hydroxyl groups excluding tert-OH is 1. The molecule has 1 aromatic carbocycles. The Hall–Kier alpha value is -2.85. The maximum Gasteiger partial charge on any atom is 0.188 e. The molecule has 3 heterocycles. The van der Waals surface area contributed by atoms with Crippen molar-refractivity contribution in [2.45, 2.75) is 26.3 Å². The molecule has 1 atom stereocenters. The fourth-order valence-corrected chi connectivity index (χ4v) is 5.01. The summed E-state index contributed by atoms with van der Waals surface area (Å²) in [4.78, 5) is 14.7. The molecule has 0 aliphatic heterocycles. The first-order valence-electron chi connectivity index (χ1n) is 10.4. The van der Waals surface area contributed by atoms with Crippen LogP contribution < -0.4 is 10.6 Å². The van der Waals surface area contributed by atoms with E-state index in [1.807, 2.05) is 18.4 Å². The number of aryl methyl sites for hydroxylation is 2. The normalized spacial score (nSPS) is 11.4. The number of pyridine rings is 1. The first-order chi connectivity index (χ1) is 16.5. The molecule has 10 heteroatoms. The average molecular weight is 518 g/mol. The van der Waals surface area contributed by atoms with Gasteiger partial charge in [0.1, 0.15) is 11.6 Å². The standard InChI is InChI=1S/C22H21ClFN5OS2.C2H4/c1-3-20-26-12(2)21(32-20)18-11-31-22(28-18)29-19-7-4-13(9-25-19)17(10-30)27-16-6-5-14(23)8-15(16)24;1-2/h4-9,11,17,27,30H,3,10H2,1-2H3,(H,25,28,29);1-2H2. The Bertz CT molecular complexity index is 1230. The van der Waals surface area contributed by atoms with Gasteiger partial charge < -0.3 is 15.7 Å². The van der Waals surface area contributed by atoms with Crippen molar-refractivity contribution in [2.24, 2.45) is 0 Å². The lowest BCUT2D eigenvalue weighted by Gasteiger charge is -2.18. The molecule has 0 aliphatic carbocycles. The van der Waals surface area contributed by atoms with Crippen molar-refractivity contribution in [1.82, 2.24) is 15.0 Å². The molecular formula is C24H25ClFN5OS2. The molecule has 4 rings (SSSR count). The van der Waals surface area contributed by atoms with Gasteiger partial charge >= 0.3 is 0 Å². The summed E-state index contributed by atoms with van der Waals surface area (Å²) in [7, 11) is 0. The van der Waals surface area contributed by atoms with Gasteiger partial charge in [-0.25, -0.2) is 19.3 Å². The summed E-state index contributed by atoms with van der Waals surface area (Å²) in [6.07, 6.45) is 2.55. The molecule has 3 N–H and O–H groups in total. The second-order valence-electron chi connectivity index (χ2n) is 7.02. The molecule has 34 heavy (non-hydrogen) atoms. The summed E-state index contributed by atoms with van der Waals surface area (Å²) < 4.78 is 14.1. The maximum absolute atomic E-state index is 14.1. The molecular weight excluding hydrogens is 493 g/mol. The van der Waals surface area contributed by atoms with Crippen molar-refractivity contribution in [3.05, 3.63) is 82.2 Å². The number of nitrogens with zero attached hydrogens (tertiary/aromatic N) is 3. The Balaban J connectivity index is 0.00000158. The van der Waals surface area contributed by atoms with E-state index in [-0.39, 0.29) is 12.3 Å². The lowest BCUT2D eigenvalue weighted by Crippen LogP contribution is -2.16. The molecule has 0 radical (unpaired) electrons. The van der Waals surface area contributed by atoms with Crippen LogP contribution in [0.3, 0.4) is 0 Å². The van der Waals surface area contributed by atoms with Crippen LogP contribution in [0.2, 0.25) is 5.02 Å². The minimum absolute atomic E-state index is 0.222. The summed E-state index contributed by atoms with van der Waals surface area (Å²) in [5.74, 6) is 0.142. The highest BCUT2D eigenvalue weighted by Gasteiger charge is 2.15. The van der Waals surface area contributed by atoms with Crippen LogP contribution in [0.4, 0.5) is 21.0 Å². The van der Waals surface area contributed by atoms with Crippen LogP contribution in [0.15, 0.2) is 55.1 Å². The number of halogens is 2. The number of aromatic nitrogens is 3. The first kappa shape index (κ1) is 25.8. The number of hydrogen-bond acceptors (Lipinski definition) is 8. The van der Waals surface area contributed by atoms with Crippen LogP contribution >= 0.6 is 34.3 Å². The van der Waals surface area contributed by atoms with E-state index in [4.69, 9.17) is 11.6 Å². The second kappa shape index (κ2) is 12.0. The predicted octanol–water partition coefficient (Wildman–Crippen LogP) is 7.02. The summed E-state index contributed by atoms with van der Waals surface area (Å²) in [6.45, 7) is 9.87. The predicted molar refractivity (Wildman–Crippen MR) is 141 cm³/mol. The van der Waals surface area contributed by atoms with Gasteiger partial charge in [0.2, 0.25) is 0 Å². The van der Waals surface area contributed by atoms with E-state index in [9.17, 15) is 9.50 Å². The third-order valence-electron chi connectivity index (χ3n) is 4.75. The van der Waals surface area contributed by atoms with Gasteiger partial charge in [0.05, 0.1) is 39.6 Å². The monoisotopic (exact) mass is 517 g/mol. The lowest BCUT2D eigenvalue weighted by atomic mass is 10.1. The van der Waals surface area contributed by atoms with E-state index < -0.39 is 11.9 Å². The van der Waals surface area contributed by atoms with Gasteiger partial charge in [0, 0.05) is 16.6 Å². The van der Waals surface area contributed by atoms with E-state index in [1.54, 1.807) is 29.7 Å². The SMILES string of the molecule is C=C.CCc1nc(C)c(-c2csc(Nc3ccc(C(CO)Nc4ccc(Cl)cc4F)cn3)n2)s1. The number of aliphatic hydroxyl groups is 1. The smallest absolute Gasteiger partial charge is 0.188 e. The van der Waals surface area contributed by atoms with Crippen molar-refractivity contribution >= 4 is 50.9 Å². The number of anilines is 3. The molecule has 0 aliphatic rings.